The lowest BCUT2D eigenvalue weighted by atomic mass is 10.1. The van der Waals surface area contributed by atoms with Crippen molar-refractivity contribution in [2.45, 2.75) is 19.8 Å². The number of carbonyl (C=O) groups excluding carboxylic acids is 1. The zero-order valence-electron chi connectivity index (χ0n) is 10.2. The summed E-state index contributed by atoms with van der Waals surface area (Å²) in [7, 11) is 0. The molecule has 0 aliphatic heterocycles. The van der Waals surface area contributed by atoms with Crippen molar-refractivity contribution in [3.63, 3.8) is 0 Å². The Balaban J connectivity index is 2.69. The average molecular weight is 253 g/mol. The van der Waals surface area contributed by atoms with Crippen LogP contribution in [0.3, 0.4) is 0 Å². The maximum atomic E-state index is 13.0. The molecule has 0 bridgehead atoms. The summed E-state index contributed by atoms with van der Waals surface area (Å²) >= 11 is 0. The standard InChI is InChI=1S/C13H16FNO3/c1-2-6-15(9-13(17)18)12(16)8-10-4-3-5-11(14)7-10/h3-5,7H,2,6,8-9H2,1H3,(H,17,18). The lowest BCUT2D eigenvalue weighted by molar-refractivity contribution is -0.144. The molecule has 0 saturated carbocycles. The van der Waals surface area contributed by atoms with Crippen LogP contribution in [0.15, 0.2) is 24.3 Å². The lowest BCUT2D eigenvalue weighted by Gasteiger charge is -2.19. The van der Waals surface area contributed by atoms with E-state index in [4.69, 9.17) is 5.11 Å². The molecule has 1 amide bonds. The van der Waals surface area contributed by atoms with Crippen LogP contribution < -0.4 is 0 Å². The van der Waals surface area contributed by atoms with Crippen molar-refractivity contribution in [1.82, 2.24) is 4.90 Å². The third-order valence-corrected chi connectivity index (χ3v) is 2.42. The molecule has 98 valence electrons. The van der Waals surface area contributed by atoms with Gasteiger partial charge in [-0.25, -0.2) is 4.39 Å². The van der Waals surface area contributed by atoms with Gasteiger partial charge >= 0.3 is 5.97 Å². The maximum Gasteiger partial charge on any atom is 0.323 e. The van der Waals surface area contributed by atoms with Crippen molar-refractivity contribution in [2.75, 3.05) is 13.1 Å². The molecule has 1 aromatic rings. The van der Waals surface area contributed by atoms with E-state index in [0.717, 1.165) is 0 Å². The predicted octanol–water partition coefficient (Wildman–Crippen LogP) is 1.69. The third-order valence-electron chi connectivity index (χ3n) is 2.42. The molecular weight excluding hydrogens is 237 g/mol. The van der Waals surface area contributed by atoms with Gasteiger partial charge in [0.1, 0.15) is 12.4 Å². The van der Waals surface area contributed by atoms with E-state index in [2.05, 4.69) is 0 Å². The highest BCUT2D eigenvalue weighted by Gasteiger charge is 2.16. The summed E-state index contributed by atoms with van der Waals surface area (Å²) in [6.07, 6.45) is 0.702. The van der Waals surface area contributed by atoms with Crippen LogP contribution in [0.25, 0.3) is 0 Å². The van der Waals surface area contributed by atoms with Gasteiger partial charge in [0.15, 0.2) is 0 Å². The van der Waals surface area contributed by atoms with E-state index >= 15 is 0 Å². The Labute approximate surface area is 105 Å². The summed E-state index contributed by atoms with van der Waals surface area (Å²) in [6, 6.07) is 5.75. The van der Waals surface area contributed by atoms with Crippen LogP contribution in [0.2, 0.25) is 0 Å². The molecule has 0 aliphatic rings. The van der Waals surface area contributed by atoms with E-state index in [-0.39, 0.29) is 18.9 Å². The number of aliphatic carboxylic acids is 1. The van der Waals surface area contributed by atoms with Gasteiger partial charge in [-0.2, -0.15) is 0 Å². The van der Waals surface area contributed by atoms with Crippen molar-refractivity contribution in [1.29, 1.82) is 0 Å². The van der Waals surface area contributed by atoms with Crippen LogP contribution in [0.1, 0.15) is 18.9 Å². The van der Waals surface area contributed by atoms with Gasteiger partial charge < -0.3 is 10.0 Å². The van der Waals surface area contributed by atoms with Crippen molar-refractivity contribution >= 4 is 11.9 Å². The van der Waals surface area contributed by atoms with Crippen LogP contribution in [0.5, 0.6) is 0 Å². The predicted molar refractivity (Wildman–Crippen MR) is 64.6 cm³/mol. The molecule has 5 heteroatoms. The normalized spacial score (nSPS) is 10.1. The van der Waals surface area contributed by atoms with Crippen LogP contribution in [0.4, 0.5) is 4.39 Å². The number of carboxylic acids is 1. The third kappa shape index (κ3) is 4.53. The summed E-state index contributed by atoms with van der Waals surface area (Å²) in [4.78, 5) is 23.8. The Morgan fingerprint density at radius 2 is 2.11 bits per heavy atom. The van der Waals surface area contributed by atoms with Gasteiger partial charge in [-0.3, -0.25) is 9.59 Å². The molecule has 0 aliphatic carbocycles. The Bertz CT molecular complexity index is 434. The second-order valence-electron chi connectivity index (χ2n) is 4.02. The van der Waals surface area contributed by atoms with Crippen molar-refractivity contribution in [3.05, 3.63) is 35.6 Å². The first kappa shape index (κ1) is 14.2. The molecule has 0 fully saturated rings. The molecule has 4 nitrogen and oxygen atoms in total. The van der Waals surface area contributed by atoms with Crippen LogP contribution in [0, 0.1) is 5.82 Å². The van der Waals surface area contributed by atoms with Gasteiger partial charge in [0.2, 0.25) is 5.91 Å². The molecular formula is C13H16FNO3. The Morgan fingerprint density at radius 1 is 1.39 bits per heavy atom. The zero-order chi connectivity index (χ0) is 13.5. The minimum absolute atomic E-state index is 0.0189. The van der Waals surface area contributed by atoms with E-state index in [1.165, 1.54) is 23.1 Å². The molecule has 0 aromatic heterocycles. The van der Waals surface area contributed by atoms with Gasteiger partial charge in [0.25, 0.3) is 0 Å². The number of amides is 1. The highest BCUT2D eigenvalue weighted by Crippen LogP contribution is 2.06. The summed E-state index contributed by atoms with van der Waals surface area (Å²) in [5.74, 6) is -1.75. The fourth-order valence-corrected chi connectivity index (χ4v) is 1.66. The van der Waals surface area contributed by atoms with Crippen molar-refractivity contribution in [2.24, 2.45) is 0 Å². The largest absolute Gasteiger partial charge is 0.480 e. The fraction of sp³-hybridized carbons (Fsp3) is 0.385. The molecule has 0 heterocycles. The van der Waals surface area contributed by atoms with E-state index in [1.807, 2.05) is 6.92 Å². The quantitative estimate of drug-likeness (QED) is 0.839. The molecule has 1 N–H and O–H groups in total. The monoisotopic (exact) mass is 253 g/mol. The number of carbonyl (C=O) groups is 2. The summed E-state index contributed by atoms with van der Waals surface area (Å²) in [6.45, 7) is 1.94. The van der Waals surface area contributed by atoms with Crippen molar-refractivity contribution in [3.8, 4) is 0 Å². The Hall–Kier alpha value is -1.91. The molecule has 0 unspecified atom stereocenters. The van der Waals surface area contributed by atoms with Crippen LogP contribution >= 0.6 is 0 Å². The zero-order valence-corrected chi connectivity index (χ0v) is 10.2. The fourth-order valence-electron chi connectivity index (χ4n) is 1.66. The summed E-state index contributed by atoms with van der Waals surface area (Å²) < 4.78 is 13.0. The van der Waals surface area contributed by atoms with Crippen LogP contribution in [-0.4, -0.2) is 35.0 Å². The van der Waals surface area contributed by atoms with Gasteiger partial charge in [0.05, 0.1) is 6.42 Å². The summed E-state index contributed by atoms with van der Waals surface area (Å²) in [5, 5.41) is 8.72. The molecule has 0 atom stereocenters. The average Bonchev–Trinajstić information content (AvgIpc) is 2.27. The van der Waals surface area contributed by atoms with Gasteiger partial charge in [-0.15, -0.1) is 0 Å². The first-order valence-corrected chi connectivity index (χ1v) is 5.77. The van der Waals surface area contributed by atoms with E-state index in [1.54, 1.807) is 6.07 Å². The summed E-state index contributed by atoms with van der Waals surface area (Å²) in [5.41, 5.74) is 0.548. The number of carboxylic acid groups (broad SMARTS) is 1. The van der Waals surface area contributed by atoms with Crippen molar-refractivity contribution < 1.29 is 19.1 Å². The Kier molecular flexibility index (Phi) is 5.30. The number of halogens is 1. The maximum absolute atomic E-state index is 13.0. The molecule has 0 radical (unpaired) electrons. The van der Waals surface area contributed by atoms with E-state index in [0.29, 0.717) is 18.5 Å². The molecule has 1 aromatic carbocycles. The molecule has 1 rings (SSSR count). The van der Waals surface area contributed by atoms with Gasteiger partial charge in [0, 0.05) is 6.54 Å². The lowest BCUT2D eigenvalue weighted by Crippen LogP contribution is -2.37. The first-order valence-electron chi connectivity index (χ1n) is 5.77. The topological polar surface area (TPSA) is 57.6 Å². The number of hydrogen-bond acceptors (Lipinski definition) is 2. The number of hydrogen-bond donors (Lipinski definition) is 1. The number of rotatable bonds is 6. The van der Waals surface area contributed by atoms with Gasteiger partial charge in [-0.1, -0.05) is 19.1 Å². The smallest absolute Gasteiger partial charge is 0.323 e. The highest BCUT2D eigenvalue weighted by atomic mass is 19.1. The van der Waals surface area contributed by atoms with E-state index < -0.39 is 11.8 Å². The minimum atomic E-state index is -1.05. The number of benzene rings is 1. The number of nitrogens with zero attached hydrogens (tertiary/aromatic N) is 1. The second-order valence-corrected chi connectivity index (χ2v) is 4.02. The SMILES string of the molecule is CCCN(CC(=O)O)C(=O)Cc1cccc(F)c1. The minimum Gasteiger partial charge on any atom is -0.480 e. The second kappa shape index (κ2) is 6.74. The molecule has 0 saturated heterocycles. The highest BCUT2D eigenvalue weighted by molar-refractivity contribution is 5.82. The van der Waals surface area contributed by atoms with Crippen LogP contribution in [-0.2, 0) is 16.0 Å². The first-order chi connectivity index (χ1) is 8.52. The molecule has 0 spiro atoms. The van der Waals surface area contributed by atoms with Gasteiger partial charge in [-0.05, 0) is 24.1 Å². The molecule has 18 heavy (non-hydrogen) atoms. The Morgan fingerprint density at radius 3 is 2.67 bits per heavy atom. The van der Waals surface area contributed by atoms with E-state index in [9.17, 15) is 14.0 Å².